The number of hydrogen-bond donors (Lipinski definition) is 0. The van der Waals surface area contributed by atoms with Gasteiger partial charge in [-0.25, -0.2) is 0 Å². The summed E-state index contributed by atoms with van der Waals surface area (Å²) in [7, 11) is 0. The third kappa shape index (κ3) is 10.8. The van der Waals surface area contributed by atoms with E-state index in [4.69, 9.17) is 5.26 Å². The van der Waals surface area contributed by atoms with Crippen molar-refractivity contribution in [3.63, 3.8) is 0 Å². The Morgan fingerprint density at radius 2 is 1.27 bits per heavy atom. The minimum atomic E-state index is -0.706. The molecule has 0 aromatic heterocycles. The van der Waals surface area contributed by atoms with Crippen molar-refractivity contribution < 1.29 is 4.39 Å². The van der Waals surface area contributed by atoms with Gasteiger partial charge in [-0.05, 0) is 42.6 Å². The molecule has 0 amide bonds. The molecule has 2 aliphatic carbocycles. The smallest absolute Gasteiger partial charge is 0.195 e. The molecular weight excluding hydrogens is 369 g/mol. The van der Waals surface area contributed by atoms with Crippen LogP contribution in [0.25, 0.3) is 0 Å². The molecule has 2 aliphatic rings. The van der Waals surface area contributed by atoms with Crippen LogP contribution in [0.15, 0.2) is 24.1 Å². The first-order valence-corrected chi connectivity index (χ1v) is 13.1. The maximum Gasteiger partial charge on any atom is 0.199 e. The lowest BCUT2D eigenvalue weighted by Gasteiger charge is -2.32. The average Bonchev–Trinajstić information content (AvgIpc) is 2.78. The Morgan fingerprint density at radius 1 is 0.767 bits per heavy atom. The predicted molar refractivity (Wildman–Crippen MR) is 127 cm³/mol. The van der Waals surface area contributed by atoms with Gasteiger partial charge in [-0.3, -0.25) is 0 Å². The van der Waals surface area contributed by atoms with E-state index in [2.05, 4.69) is 6.92 Å². The van der Waals surface area contributed by atoms with E-state index in [1.807, 2.05) is 6.08 Å². The summed E-state index contributed by atoms with van der Waals surface area (Å²) in [6.07, 6.45) is 30.4. The van der Waals surface area contributed by atoms with Crippen LogP contribution in [-0.2, 0) is 0 Å². The van der Waals surface area contributed by atoms with Crippen molar-refractivity contribution in [2.24, 2.45) is 23.7 Å². The maximum absolute atomic E-state index is 12.7. The zero-order valence-electron chi connectivity index (χ0n) is 19.6. The molecule has 0 aromatic carbocycles. The Labute approximate surface area is 186 Å². The summed E-state index contributed by atoms with van der Waals surface area (Å²) in [6, 6.07) is 1.50. The fourth-order valence-electron chi connectivity index (χ4n) is 5.74. The molecule has 0 aromatic rings. The standard InChI is InChI=1S/C28H46FN/c1-2-3-4-5-7-10-24-13-17-26(18-14-24)21-22-27-19-15-25(16-20-27)11-8-6-9-12-28(29)23-30/h6,9,12,24-27H,2-5,7-8,10-11,13-22H2,1H3/b9-6+,28-12-. The van der Waals surface area contributed by atoms with Crippen LogP contribution in [0.4, 0.5) is 4.39 Å². The second-order valence-electron chi connectivity index (χ2n) is 10.2. The summed E-state index contributed by atoms with van der Waals surface area (Å²) in [5.41, 5.74) is 0. The number of allylic oxidation sites excluding steroid dienone is 4. The van der Waals surface area contributed by atoms with Crippen molar-refractivity contribution >= 4 is 0 Å². The maximum atomic E-state index is 12.7. The van der Waals surface area contributed by atoms with Crippen molar-refractivity contribution in [3.8, 4) is 6.07 Å². The SMILES string of the molecule is CCCCCCCC1CCC(CCC2CCC(CC/C=C/C=C(\F)C#N)CC2)CC1. The molecule has 0 heterocycles. The molecule has 2 rings (SSSR count). The summed E-state index contributed by atoms with van der Waals surface area (Å²) in [5.74, 6) is 3.18. The van der Waals surface area contributed by atoms with Gasteiger partial charge in [0.05, 0.1) is 0 Å². The highest BCUT2D eigenvalue weighted by Crippen LogP contribution is 2.38. The Morgan fingerprint density at radius 3 is 1.80 bits per heavy atom. The molecule has 2 fully saturated rings. The number of nitrogens with zero attached hydrogens (tertiary/aromatic N) is 1. The summed E-state index contributed by atoms with van der Waals surface area (Å²) < 4.78 is 12.7. The first kappa shape index (κ1) is 25.2. The summed E-state index contributed by atoms with van der Waals surface area (Å²) >= 11 is 0. The Hall–Kier alpha value is -1.10. The fourth-order valence-corrected chi connectivity index (χ4v) is 5.74. The minimum absolute atomic E-state index is 0.706. The van der Waals surface area contributed by atoms with Gasteiger partial charge in [0, 0.05) is 0 Å². The van der Waals surface area contributed by atoms with Crippen LogP contribution in [0, 0.1) is 35.0 Å². The molecule has 0 unspecified atom stereocenters. The van der Waals surface area contributed by atoms with E-state index in [-0.39, 0.29) is 0 Å². The summed E-state index contributed by atoms with van der Waals surface area (Å²) in [6.45, 7) is 2.30. The van der Waals surface area contributed by atoms with Gasteiger partial charge in [-0.15, -0.1) is 0 Å². The Balaban J connectivity index is 1.48. The monoisotopic (exact) mass is 415 g/mol. The molecule has 0 atom stereocenters. The third-order valence-electron chi connectivity index (χ3n) is 7.86. The van der Waals surface area contributed by atoms with Crippen LogP contribution >= 0.6 is 0 Å². The Bertz CT molecular complexity index is 527. The average molecular weight is 416 g/mol. The molecule has 2 saturated carbocycles. The molecule has 30 heavy (non-hydrogen) atoms. The van der Waals surface area contributed by atoms with E-state index in [1.54, 1.807) is 6.08 Å². The number of unbranched alkanes of at least 4 members (excludes halogenated alkanes) is 4. The van der Waals surface area contributed by atoms with E-state index in [9.17, 15) is 4.39 Å². The number of hydrogen-bond acceptors (Lipinski definition) is 1. The van der Waals surface area contributed by atoms with Crippen LogP contribution in [-0.4, -0.2) is 0 Å². The number of nitriles is 1. The number of halogens is 1. The predicted octanol–water partition coefficient (Wildman–Crippen LogP) is 9.45. The van der Waals surface area contributed by atoms with Gasteiger partial charge in [-0.2, -0.15) is 9.65 Å². The molecule has 0 aliphatic heterocycles. The van der Waals surface area contributed by atoms with Gasteiger partial charge >= 0.3 is 0 Å². The van der Waals surface area contributed by atoms with Gasteiger partial charge < -0.3 is 0 Å². The van der Waals surface area contributed by atoms with Crippen LogP contribution in [0.5, 0.6) is 0 Å². The molecule has 1 nitrogen and oxygen atoms in total. The van der Waals surface area contributed by atoms with Crippen molar-refractivity contribution in [1.29, 1.82) is 5.26 Å². The summed E-state index contributed by atoms with van der Waals surface area (Å²) in [4.78, 5) is 0. The highest BCUT2D eigenvalue weighted by atomic mass is 19.1. The van der Waals surface area contributed by atoms with E-state index in [1.165, 1.54) is 121 Å². The van der Waals surface area contributed by atoms with Gasteiger partial charge in [0.25, 0.3) is 0 Å². The van der Waals surface area contributed by atoms with E-state index >= 15 is 0 Å². The first-order valence-electron chi connectivity index (χ1n) is 13.1. The first-order chi connectivity index (χ1) is 14.7. The highest BCUT2D eigenvalue weighted by Gasteiger charge is 2.24. The molecule has 0 radical (unpaired) electrons. The van der Waals surface area contributed by atoms with E-state index in [0.717, 1.165) is 30.1 Å². The largest absolute Gasteiger partial charge is 0.199 e. The molecule has 0 N–H and O–H groups in total. The van der Waals surface area contributed by atoms with Crippen LogP contribution in [0.2, 0.25) is 0 Å². The quantitative estimate of drug-likeness (QED) is 0.167. The number of rotatable bonds is 13. The molecule has 170 valence electrons. The van der Waals surface area contributed by atoms with Gasteiger partial charge in [0.15, 0.2) is 5.83 Å². The summed E-state index contributed by atoms with van der Waals surface area (Å²) in [5, 5.41) is 8.39. The second kappa shape index (κ2) is 15.7. The van der Waals surface area contributed by atoms with Crippen molar-refractivity contribution in [2.75, 3.05) is 0 Å². The van der Waals surface area contributed by atoms with Gasteiger partial charge in [0.1, 0.15) is 6.07 Å². The molecule has 0 saturated heterocycles. The van der Waals surface area contributed by atoms with Crippen molar-refractivity contribution in [3.05, 3.63) is 24.1 Å². The zero-order chi connectivity index (χ0) is 21.4. The van der Waals surface area contributed by atoms with E-state index in [0.29, 0.717) is 0 Å². The zero-order valence-corrected chi connectivity index (χ0v) is 19.6. The lowest BCUT2D eigenvalue weighted by Crippen LogP contribution is -2.18. The van der Waals surface area contributed by atoms with Crippen LogP contribution in [0.3, 0.4) is 0 Å². The Kier molecular flexibility index (Phi) is 13.1. The van der Waals surface area contributed by atoms with Gasteiger partial charge in [0.2, 0.25) is 0 Å². The molecule has 2 heteroatoms. The lowest BCUT2D eigenvalue weighted by molar-refractivity contribution is 0.208. The van der Waals surface area contributed by atoms with Crippen molar-refractivity contribution in [2.45, 2.75) is 122 Å². The van der Waals surface area contributed by atoms with Crippen molar-refractivity contribution in [1.82, 2.24) is 0 Å². The third-order valence-corrected chi connectivity index (χ3v) is 7.86. The second-order valence-corrected chi connectivity index (χ2v) is 10.2. The van der Waals surface area contributed by atoms with E-state index < -0.39 is 5.83 Å². The van der Waals surface area contributed by atoms with Crippen LogP contribution in [0.1, 0.15) is 122 Å². The molecular formula is C28H46FN. The van der Waals surface area contributed by atoms with Gasteiger partial charge in [-0.1, -0.05) is 122 Å². The fraction of sp³-hybridized carbons (Fsp3) is 0.821. The van der Waals surface area contributed by atoms with Crippen LogP contribution < -0.4 is 0 Å². The lowest BCUT2D eigenvalue weighted by atomic mass is 9.74. The topological polar surface area (TPSA) is 23.8 Å². The highest BCUT2D eigenvalue weighted by molar-refractivity contribution is 5.18. The molecule has 0 spiro atoms. The molecule has 0 bridgehead atoms. The normalized spacial score (nSPS) is 28.0. The minimum Gasteiger partial charge on any atom is -0.195 e.